The first-order valence-corrected chi connectivity index (χ1v) is 9.38. The summed E-state index contributed by atoms with van der Waals surface area (Å²) in [5.74, 6) is 0.943. The van der Waals surface area contributed by atoms with Gasteiger partial charge in [0.25, 0.3) is 0 Å². The summed E-state index contributed by atoms with van der Waals surface area (Å²) in [5, 5.41) is 1.13. The Bertz CT molecular complexity index is 686. The van der Waals surface area contributed by atoms with Gasteiger partial charge in [0.2, 0.25) is 0 Å². The molecule has 1 aliphatic heterocycles. The third kappa shape index (κ3) is 3.49. The van der Waals surface area contributed by atoms with Gasteiger partial charge in [-0.3, -0.25) is 0 Å². The molecule has 2 fully saturated rings. The van der Waals surface area contributed by atoms with Crippen molar-refractivity contribution < 1.29 is 9.53 Å². The Labute approximate surface area is 160 Å². The topological polar surface area (TPSA) is 32.8 Å². The number of ether oxygens (including phenoxy) is 1. The molecule has 1 amide bonds. The molecular weight excluding hydrogens is 359 g/mol. The van der Waals surface area contributed by atoms with E-state index in [1.165, 1.54) is 5.56 Å². The summed E-state index contributed by atoms with van der Waals surface area (Å²) in [4.78, 5) is 16.5. The molecule has 3 rings (SSSR count). The van der Waals surface area contributed by atoms with Crippen molar-refractivity contribution in [3.63, 3.8) is 0 Å². The Hall–Kier alpha value is -0.970. The van der Waals surface area contributed by atoms with Gasteiger partial charge in [0.05, 0.1) is 10.0 Å². The van der Waals surface area contributed by atoms with Gasteiger partial charge in [0.15, 0.2) is 0 Å². The van der Waals surface area contributed by atoms with E-state index in [0.29, 0.717) is 28.4 Å². The number of carbonyl (C=O) groups excluding carboxylic acids is 1. The van der Waals surface area contributed by atoms with Crippen LogP contribution in [0.4, 0.5) is 4.79 Å². The van der Waals surface area contributed by atoms with Gasteiger partial charge in [0, 0.05) is 25.0 Å². The quantitative estimate of drug-likeness (QED) is 0.778. The van der Waals surface area contributed by atoms with Crippen LogP contribution in [0.1, 0.15) is 26.3 Å². The summed E-state index contributed by atoms with van der Waals surface area (Å²) in [7, 11) is 4.17. The molecule has 1 aromatic carbocycles. The molecule has 0 spiro atoms. The number of carbonyl (C=O) groups is 1. The second-order valence-corrected chi connectivity index (χ2v) is 9.32. The minimum absolute atomic E-state index is 0.0462. The van der Waals surface area contributed by atoms with E-state index >= 15 is 0 Å². The number of halogens is 2. The van der Waals surface area contributed by atoms with Crippen molar-refractivity contribution in [3.05, 3.63) is 33.8 Å². The molecule has 0 aromatic heterocycles. The second-order valence-electron chi connectivity index (χ2n) is 8.51. The van der Waals surface area contributed by atoms with Crippen LogP contribution in [0.2, 0.25) is 10.0 Å². The molecule has 4 nitrogen and oxygen atoms in total. The molecule has 1 aromatic rings. The lowest BCUT2D eigenvalue weighted by molar-refractivity contribution is 0.0258. The first-order chi connectivity index (χ1) is 11.5. The Balaban J connectivity index is 1.85. The molecule has 1 saturated carbocycles. The fourth-order valence-corrected chi connectivity index (χ4v) is 4.50. The van der Waals surface area contributed by atoms with E-state index < -0.39 is 5.60 Å². The van der Waals surface area contributed by atoms with Crippen LogP contribution in [0.3, 0.4) is 0 Å². The lowest BCUT2D eigenvalue weighted by Crippen LogP contribution is -2.39. The van der Waals surface area contributed by atoms with Crippen LogP contribution < -0.4 is 0 Å². The zero-order valence-corrected chi connectivity index (χ0v) is 17.0. The summed E-state index contributed by atoms with van der Waals surface area (Å²) in [5.41, 5.74) is 0.642. The first-order valence-electron chi connectivity index (χ1n) is 8.63. The molecule has 3 atom stereocenters. The summed E-state index contributed by atoms with van der Waals surface area (Å²) >= 11 is 12.4. The van der Waals surface area contributed by atoms with E-state index in [1.54, 1.807) is 0 Å². The summed E-state index contributed by atoms with van der Waals surface area (Å²) in [6.45, 7) is 8.08. The molecular formula is C19H26Cl2N2O2. The normalized spacial score (nSPS) is 28.2. The number of benzene rings is 1. The number of amides is 1. The highest BCUT2D eigenvalue weighted by Gasteiger charge is 2.70. The van der Waals surface area contributed by atoms with Crippen molar-refractivity contribution in [1.29, 1.82) is 0 Å². The fraction of sp³-hybridized carbons (Fsp3) is 0.632. The van der Waals surface area contributed by atoms with E-state index in [2.05, 4.69) is 25.1 Å². The Kier molecular flexibility index (Phi) is 4.76. The molecule has 0 radical (unpaired) electrons. The van der Waals surface area contributed by atoms with Crippen molar-refractivity contribution in [1.82, 2.24) is 9.80 Å². The van der Waals surface area contributed by atoms with Gasteiger partial charge >= 0.3 is 6.09 Å². The highest BCUT2D eigenvalue weighted by Crippen LogP contribution is 2.64. The number of piperidine rings is 1. The lowest BCUT2D eigenvalue weighted by atomic mass is 9.92. The Morgan fingerprint density at radius 1 is 1.32 bits per heavy atom. The highest BCUT2D eigenvalue weighted by atomic mass is 35.5. The number of hydrogen-bond donors (Lipinski definition) is 0. The van der Waals surface area contributed by atoms with Crippen molar-refractivity contribution in [2.24, 2.45) is 11.8 Å². The highest BCUT2D eigenvalue weighted by molar-refractivity contribution is 6.42. The predicted molar refractivity (Wildman–Crippen MR) is 101 cm³/mol. The summed E-state index contributed by atoms with van der Waals surface area (Å²) < 4.78 is 5.56. The molecule has 1 heterocycles. The summed E-state index contributed by atoms with van der Waals surface area (Å²) in [6, 6.07) is 5.87. The number of fused-ring (bicyclic) bond motifs is 1. The summed E-state index contributed by atoms with van der Waals surface area (Å²) in [6.07, 6.45) is -0.234. The minimum Gasteiger partial charge on any atom is -0.444 e. The standard InChI is InChI=1S/C19H26Cl2N2O2/c1-18(2,3)25-17(24)23-10-14-13(9-22(4)5)19(14,11-23)12-6-7-15(20)16(21)8-12/h6-8,13-14H,9-11H2,1-5H3/t13-,14-,19-/m0/s1. The smallest absolute Gasteiger partial charge is 0.410 e. The molecule has 6 heteroatoms. The van der Waals surface area contributed by atoms with Gasteiger partial charge in [-0.1, -0.05) is 29.3 Å². The average molecular weight is 385 g/mol. The first kappa shape index (κ1) is 18.8. The third-order valence-corrected chi connectivity index (χ3v) is 5.98. The fourth-order valence-electron chi connectivity index (χ4n) is 4.20. The van der Waals surface area contributed by atoms with Crippen molar-refractivity contribution in [2.45, 2.75) is 31.8 Å². The predicted octanol–water partition coefficient (Wildman–Crippen LogP) is 4.29. The molecule has 2 aliphatic rings. The van der Waals surface area contributed by atoms with E-state index in [4.69, 9.17) is 27.9 Å². The molecule has 138 valence electrons. The van der Waals surface area contributed by atoms with Gasteiger partial charge in [-0.05, 0) is 64.4 Å². The maximum Gasteiger partial charge on any atom is 0.410 e. The van der Waals surface area contributed by atoms with Crippen molar-refractivity contribution in [3.8, 4) is 0 Å². The van der Waals surface area contributed by atoms with Crippen LogP contribution in [0.15, 0.2) is 18.2 Å². The van der Waals surface area contributed by atoms with Gasteiger partial charge in [0.1, 0.15) is 5.60 Å². The number of likely N-dealkylation sites (tertiary alicyclic amines) is 1. The molecule has 0 unspecified atom stereocenters. The van der Waals surface area contributed by atoms with Crippen LogP contribution >= 0.6 is 23.2 Å². The zero-order chi connectivity index (χ0) is 18.6. The molecule has 1 aliphatic carbocycles. The second kappa shape index (κ2) is 6.33. The van der Waals surface area contributed by atoms with E-state index in [0.717, 1.165) is 13.1 Å². The van der Waals surface area contributed by atoms with Crippen molar-refractivity contribution >= 4 is 29.3 Å². The van der Waals surface area contributed by atoms with E-state index in [-0.39, 0.29) is 11.5 Å². The number of nitrogens with zero attached hydrogens (tertiary/aromatic N) is 2. The van der Waals surface area contributed by atoms with Gasteiger partial charge < -0.3 is 14.5 Å². The van der Waals surface area contributed by atoms with Crippen LogP contribution in [-0.2, 0) is 10.2 Å². The lowest BCUT2D eigenvalue weighted by Gasteiger charge is -2.28. The van der Waals surface area contributed by atoms with Crippen LogP contribution in [0.5, 0.6) is 0 Å². The maximum atomic E-state index is 12.5. The SMILES string of the molecule is CN(C)C[C@H]1[C@@H]2CN(C(=O)OC(C)(C)C)C[C@]12c1ccc(Cl)c(Cl)c1. The molecule has 0 N–H and O–H groups in total. The average Bonchev–Trinajstić information content (AvgIpc) is 2.89. The monoisotopic (exact) mass is 384 g/mol. The number of rotatable bonds is 3. The Morgan fingerprint density at radius 2 is 2.00 bits per heavy atom. The van der Waals surface area contributed by atoms with Gasteiger partial charge in [-0.15, -0.1) is 0 Å². The maximum absolute atomic E-state index is 12.5. The molecule has 1 saturated heterocycles. The largest absolute Gasteiger partial charge is 0.444 e. The van der Waals surface area contributed by atoms with Crippen molar-refractivity contribution in [2.75, 3.05) is 33.7 Å². The van der Waals surface area contributed by atoms with Gasteiger partial charge in [-0.25, -0.2) is 4.79 Å². The van der Waals surface area contributed by atoms with E-state index in [1.807, 2.05) is 37.8 Å². The molecule has 0 bridgehead atoms. The van der Waals surface area contributed by atoms with Crippen LogP contribution in [-0.4, -0.2) is 55.2 Å². The number of hydrogen-bond acceptors (Lipinski definition) is 3. The van der Waals surface area contributed by atoms with Crippen LogP contribution in [0.25, 0.3) is 0 Å². The zero-order valence-electron chi connectivity index (χ0n) is 15.5. The Morgan fingerprint density at radius 3 is 2.56 bits per heavy atom. The van der Waals surface area contributed by atoms with E-state index in [9.17, 15) is 4.79 Å². The van der Waals surface area contributed by atoms with Gasteiger partial charge in [-0.2, -0.15) is 0 Å². The van der Waals surface area contributed by atoms with Crippen LogP contribution in [0, 0.1) is 11.8 Å². The molecule has 25 heavy (non-hydrogen) atoms. The third-order valence-electron chi connectivity index (χ3n) is 5.24. The minimum atomic E-state index is -0.482.